The predicted octanol–water partition coefficient (Wildman–Crippen LogP) is 0.479. The SMILES string of the molecule is CC1(OC(F)F)C=CC=NC1C(N)=O. The number of aliphatic imine (C=N–C) groups is 1. The summed E-state index contributed by atoms with van der Waals surface area (Å²) < 4.78 is 28.4. The summed E-state index contributed by atoms with van der Waals surface area (Å²) in [6.07, 6.45) is 4.09. The number of hydrogen-bond acceptors (Lipinski definition) is 3. The molecule has 0 saturated heterocycles. The summed E-state index contributed by atoms with van der Waals surface area (Å²) in [7, 11) is 0. The van der Waals surface area contributed by atoms with E-state index in [1.807, 2.05) is 0 Å². The molecule has 1 rings (SSSR count). The molecule has 0 bridgehead atoms. The molecule has 0 aromatic carbocycles. The minimum absolute atomic E-state index is 0.797. The van der Waals surface area contributed by atoms with E-state index in [1.54, 1.807) is 0 Å². The van der Waals surface area contributed by atoms with Crippen LogP contribution in [0.25, 0.3) is 0 Å². The standard InChI is InChI=1S/C8H10F2N2O2/c1-8(14-7(9)10)3-2-4-12-5(8)6(11)13/h2-5,7H,1H3,(H2,11,13). The molecule has 1 amide bonds. The third-order valence-electron chi connectivity index (χ3n) is 1.90. The summed E-state index contributed by atoms with van der Waals surface area (Å²) in [5.74, 6) is -0.797. The third-order valence-corrected chi connectivity index (χ3v) is 1.90. The van der Waals surface area contributed by atoms with Crippen molar-refractivity contribution in [3.8, 4) is 0 Å². The van der Waals surface area contributed by atoms with Crippen LogP contribution in [0.5, 0.6) is 0 Å². The van der Waals surface area contributed by atoms with E-state index in [0.29, 0.717) is 0 Å². The normalized spacial score (nSPS) is 31.0. The molecule has 78 valence electrons. The minimum atomic E-state index is -2.97. The smallest absolute Gasteiger partial charge is 0.346 e. The molecule has 2 unspecified atom stereocenters. The first-order valence-electron chi connectivity index (χ1n) is 3.92. The fraction of sp³-hybridized carbons (Fsp3) is 0.500. The molecule has 0 fully saturated rings. The van der Waals surface area contributed by atoms with Gasteiger partial charge in [0.15, 0.2) is 6.04 Å². The predicted molar refractivity (Wildman–Crippen MR) is 46.1 cm³/mol. The van der Waals surface area contributed by atoms with Crippen molar-refractivity contribution in [1.29, 1.82) is 0 Å². The maximum absolute atomic E-state index is 12.0. The zero-order valence-corrected chi connectivity index (χ0v) is 7.48. The summed E-state index contributed by atoms with van der Waals surface area (Å²) >= 11 is 0. The molecule has 2 N–H and O–H groups in total. The van der Waals surface area contributed by atoms with Crippen LogP contribution >= 0.6 is 0 Å². The van der Waals surface area contributed by atoms with E-state index >= 15 is 0 Å². The average molecular weight is 204 g/mol. The maximum atomic E-state index is 12.0. The van der Waals surface area contributed by atoms with E-state index in [9.17, 15) is 13.6 Å². The number of nitrogens with two attached hydrogens (primary N) is 1. The Morgan fingerprint density at radius 3 is 2.86 bits per heavy atom. The van der Waals surface area contributed by atoms with Gasteiger partial charge in [0.05, 0.1) is 0 Å². The molecule has 0 aromatic rings. The van der Waals surface area contributed by atoms with E-state index < -0.39 is 24.2 Å². The van der Waals surface area contributed by atoms with Gasteiger partial charge in [0.1, 0.15) is 5.60 Å². The van der Waals surface area contributed by atoms with E-state index in [1.165, 1.54) is 25.3 Å². The number of nitrogens with zero attached hydrogens (tertiary/aromatic N) is 1. The van der Waals surface area contributed by atoms with Crippen molar-refractivity contribution in [1.82, 2.24) is 0 Å². The van der Waals surface area contributed by atoms with E-state index in [-0.39, 0.29) is 0 Å². The molecule has 14 heavy (non-hydrogen) atoms. The van der Waals surface area contributed by atoms with Gasteiger partial charge >= 0.3 is 6.61 Å². The molecule has 0 aromatic heterocycles. The third kappa shape index (κ3) is 2.14. The number of carbonyl (C=O) groups excluding carboxylic acids is 1. The van der Waals surface area contributed by atoms with Gasteiger partial charge in [-0.25, -0.2) is 0 Å². The van der Waals surface area contributed by atoms with Crippen molar-refractivity contribution in [2.45, 2.75) is 25.2 Å². The minimum Gasteiger partial charge on any atom is -0.368 e. The molecule has 1 aliphatic heterocycles. The first-order valence-corrected chi connectivity index (χ1v) is 3.92. The lowest BCUT2D eigenvalue weighted by Gasteiger charge is -2.31. The molecule has 0 saturated carbocycles. The van der Waals surface area contributed by atoms with E-state index in [4.69, 9.17) is 5.73 Å². The summed E-state index contributed by atoms with van der Waals surface area (Å²) in [5, 5.41) is 0. The van der Waals surface area contributed by atoms with Crippen LogP contribution in [0.3, 0.4) is 0 Å². The Morgan fingerprint density at radius 2 is 2.36 bits per heavy atom. The van der Waals surface area contributed by atoms with Crippen molar-refractivity contribution < 1.29 is 18.3 Å². The van der Waals surface area contributed by atoms with Crippen LogP contribution in [0.15, 0.2) is 17.1 Å². The van der Waals surface area contributed by atoms with Crippen molar-refractivity contribution in [3.63, 3.8) is 0 Å². The van der Waals surface area contributed by atoms with Gasteiger partial charge in [-0.2, -0.15) is 8.78 Å². The number of alkyl halides is 2. The lowest BCUT2D eigenvalue weighted by atomic mass is 9.94. The highest BCUT2D eigenvalue weighted by atomic mass is 19.3. The molecule has 1 aliphatic rings. The number of primary amides is 1. The van der Waals surface area contributed by atoms with Gasteiger partial charge in [-0.05, 0) is 19.1 Å². The van der Waals surface area contributed by atoms with Gasteiger partial charge in [-0.15, -0.1) is 0 Å². The first kappa shape index (κ1) is 10.8. The number of rotatable bonds is 3. The highest BCUT2D eigenvalue weighted by Crippen LogP contribution is 2.25. The van der Waals surface area contributed by atoms with Crippen molar-refractivity contribution >= 4 is 12.1 Å². The first-order chi connectivity index (χ1) is 6.46. The number of allylic oxidation sites excluding steroid dienone is 1. The monoisotopic (exact) mass is 204 g/mol. The Balaban J connectivity index is 2.88. The van der Waals surface area contributed by atoms with E-state index in [0.717, 1.165) is 0 Å². The second-order valence-electron chi connectivity index (χ2n) is 3.02. The van der Waals surface area contributed by atoms with Crippen LogP contribution < -0.4 is 5.73 Å². The lowest BCUT2D eigenvalue weighted by molar-refractivity contribution is -0.192. The Labute approximate surface area is 79.4 Å². The number of hydrogen-bond donors (Lipinski definition) is 1. The fourth-order valence-corrected chi connectivity index (χ4v) is 1.26. The number of halogens is 2. The summed E-state index contributed by atoms with van der Waals surface area (Å²) in [6, 6.07) is -1.11. The molecule has 6 heteroatoms. The molecule has 4 nitrogen and oxygen atoms in total. The summed E-state index contributed by atoms with van der Waals surface area (Å²) in [6.45, 7) is -1.64. The van der Waals surface area contributed by atoms with Crippen LogP contribution in [0.4, 0.5) is 8.78 Å². The Bertz CT molecular complexity index is 291. The molecule has 2 atom stereocenters. The van der Waals surface area contributed by atoms with Crippen LogP contribution in [0.2, 0.25) is 0 Å². The number of dihydropyridines is 1. The lowest BCUT2D eigenvalue weighted by Crippen LogP contribution is -2.49. The summed E-state index contributed by atoms with van der Waals surface area (Å²) in [4.78, 5) is 14.6. The number of ether oxygens (including phenoxy) is 1. The largest absolute Gasteiger partial charge is 0.368 e. The van der Waals surface area contributed by atoms with Crippen molar-refractivity contribution in [2.24, 2.45) is 10.7 Å². The Kier molecular flexibility index (Phi) is 2.95. The zero-order valence-electron chi connectivity index (χ0n) is 7.48. The van der Waals surface area contributed by atoms with Crippen LogP contribution in [0, 0.1) is 0 Å². The molecule has 1 heterocycles. The molecule has 0 spiro atoms. The molecule has 0 aliphatic carbocycles. The van der Waals surface area contributed by atoms with Crippen molar-refractivity contribution in [2.75, 3.05) is 0 Å². The fourth-order valence-electron chi connectivity index (χ4n) is 1.26. The molecular formula is C8H10F2N2O2. The Hall–Kier alpha value is -1.30. The number of carbonyl (C=O) groups is 1. The van der Waals surface area contributed by atoms with Crippen molar-refractivity contribution in [3.05, 3.63) is 12.2 Å². The van der Waals surface area contributed by atoms with Crippen LogP contribution in [-0.4, -0.2) is 30.4 Å². The van der Waals surface area contributed by atoms with Crippen LogP contribution in [0.1, 0.15) is 6.92 Å². The highest BCUT2D eigenvalue weighted by molar-refractivity contribution is 5.86. The van der Waals surface area contributed by atoms with E-state index in [2.05, 4.69) is 9.73 Å². The second kappa shape index (κ2) is 3.83. The van der Waals surface area contributed by atoms with Crippen LogP contribution in [-0.2, 0) is 9.53 Å². The maximum Gasteiger partial charge on any atom is 0.346 e. The molecule has 0 radical (unpaired) electrons. The van der Waals surface area contributed by atoms with Gasteiger partial charge in [-0.1, -0.05) is 0 Å². The quantitative estimate of drug-likeness (QED) is 0.726. The Morgan fingerprint density at radius 1 is 1.71 bits per heavy atom. The second-order valence-corrected chi connectivity index (χ2v) is 3.02. The summed E-state index contributed by atoms with van der Waals surface area (Å²) in [5.41, 5.74) is 3.54. The van der Waals surface area contributed by atoms with Gasteiger partial charge < -0.3 is 10.5 Å². The van der Waals surface area contributed by atoms with Gasteiger partial charge in [0, 0.05) is 6.21 Å². The zero-order chi connectivity index (χ0) is 10.8. The average Bonchev–Trinajstić information content (AvgIpc) is 2.01. The molecular weight excluding hydrogens is 194 g/mol. The topological polar surface area (TPSA) is 64.7 Å². The highest BCUT2D eigenvalue weighted by Gasteiger charge is 2.40. The number of amides is 1. The van der Waals surface area contributed by atoms with Gasteiger partial charge in [0.25, 0.3) is 0 Å². The van der Waals surface area contributed by atoms with Gasteiger partial charge in [-0.3, -0.25) is 9.79 Å². The van der Waals surface area contributed by atoms with Gasteiger partial charge in [0.2, 0.25) is 5.91 Å².